The molecule has 0 aliphatic heterocycles. The molecule has 0 saturated heterocycles. The van der Waals surface area contributed by atoms with Crippen molar-refractivity contribution in [1.82, 2.24) is 4.31 Å². The molecule has 108 valence electrons. The van der Waals surface area contributed by atoms with E-state index >= 15 is 0 Å². The quantitative estimate of drug-likeness (QED) is 0.926. The molecule has 1 fully saturated rings. The molecule has 0 amide bonds. The highest BCUT2D eigenvalue weighted by molar-refractivity contribution is 7.91. The Balaban J connectivity index is 2.09. The Hall–Kier alpha value is -0.140. The van der Waals surface area contributed by atoms with E-state index in [4.69, 9.17) is 16.7 Å². The molecule has 1 aromatic heterocycles. The lowest BCUT2D eigenvalue weighted by atomic mass is 9.87. The van der Waals surface area contributed by atoms with Gasteiger partial charge < -0.3 is 5.11 Å². The molecule has 1 heterocycles. The van der Waals surface area contributed by atoms with Crippen LogP contribution in [0.5, 0.6) is 0 Å². The predicted molar refractivity (Wildman–Crippen MR) is 77.1 cm³/mol. The van der Waals surface area contributed by atoms with Gasteiger partial charge in [0.15, 0.2) is 0 Å². The number of aliphatic hydroxyl groups is 1. The Morgan fingerprint density at radius 2 is 2.00 bits per heavy atom. The molecule has 4 nitrogen and oxygen atoms in total. The first kappa shape index (κ1) is 15.3. The van der Waals surface area contributed by atoms with Gasteiger partial charge in [-0.15, -0.1) is 11.3 Å². The Labute approximate surface area is 123 Å². The van der Waals surface area contributed by atoms with E-state index in [2.05, 4.69) is 0 Å². The highest BCUT2D eigenvalue weighted by Gasteiger charge is 2.32. The number of hydrogen-bond donors (Lipinski definition) is 1. The Morgan fingerprint density at radius 3 is 2.47 bits per heavy atom. The van der Waals surface area contributed by atoms with E-state index in [1.165, 1.54) is 4.31 Å². The second kappa shape index (κ2) is 6.10. The van der Waals surface area contributed by atoms with Crippen LogP contribution in [0.15, 0.2) is 16.3 Å². The van der Waals surface area contributed by atoms with Crippen molar-refractivity contribution in [1.29, 1.82) is 0 Å². The zero-order valence-corrected chi connectivity index (χ0v) is 13.1. The Morgan fingerprint density at radius 1 is 1.37 bits per heavy atom. The first-order valence-corrected chi connectivity index (χ1v) is 8.93. The van der Waals surface area contributed by atoms with Gasteiger partial charge in [0, 0.05) is 19.7 Å². The molecule has 0 spiro atoms. The van der Waals surface area contributed by atoms with Gasteiger partial charge in [0.25, 0.3) is 10.0 Å². The number of aliphatic hydroxyl groups excluding tert-OH is 1. The monoisotopic (exact) mass is 323 g/mol. The van der Waals surface area contributed by atoms with E-state index in [1.807, 2.05) is 0 Å². The summed E-state index contributed by atoms with van der Waals surface area (Å²) in [6, 6.07) is 3.18. The molecule has 0 atom stereocenters. The summed E-state index contributed by atoms with van der Waals surface area (Å²) in [5, 5.41) is 9.11. The molecule has 2 rings (SSSR count). The molecule has 0 aromatic carbocycles. The van der Waals surface area contributed by atoms with E-state index in [9.17, 15) is 8.42 Å². The van der Waals surface area contributed by atoms with Crippen molar-refractivity contribution < 1.29 is 13.5 Å². The molecule has 1 N–H and O–H groups in total. The fourth-order valence-corrected chi connectivity index (χ4v) is 5.55. The van der Waals surface area contributed by atoms with Crippen LogP contribution in [0.4, 0.5) is 0 Å². The summed E-state index contributed by atoms with van der Waals surface area (Å²) in [6.45, 7) is 0.198. The summed E-state index contributed by atoms with van der Waals surface area (Å²) in [5.74, 6) is 0.323. The largest absolute Gasteiger partial charge is 0.396 e. The Kier molecular flexibility index (Phi) is 4.89. The minimum absolute atomic E-state index is 0.0219. The van der Waals surface area contributed by atoms with Gasteiger partial charge in [0.2, 0.25) is 0 Å². The minimum atomic E-state index is -3.44. The molecule has 0 bridgehead atoms. The molecule has 1 aliphatic rings. The molecule has 7 heteroatoms. The van der Waals surface area contributed by atoms with Gasteiger partial charge in [-0.2, -0.15) is 4.31 Å². The van der Waals surface area contributed by atoms with E-state index in [0.717, 1.165) is 37.0 Å². The fraction of sp³-hybridized carbons (Fsp3) is 0.667. The minimum Gasteiger partial charge on any atom is -0.396 e. The normalized spacial score (nSPS) is 24.8. The number of hydrogen-bond acceptors (Lipinski definition) is 4. The van der Waals surface area contributed by atoms with Crippen molar-refractivity contribution in [2.75, 3.05) is 13.7 Å². The average molecular weight is 324 g/mol. The lowest BCUT2D eigenvalue weighted by Gasteiger charge is -2.33. The van der Waals surface area contributed by atoms with E-state index in [0.29, 0.717) is 14.5 Å². The van der Waals surface area contributed by atoms with Crippen LogP contribution in [0, 0.1) is 5.92 Å². The van der Waals surface area contributed by atoms with Gasteiger partial charge in [-0.05, 0) is 43.7 Å². The summed E-state index contributed by atoms with van der Waals surface area (Å²) < 4.78 is 27.1. The van der Waals surface area contributed by atoms with Crippen LogP contribution in [0.25, 0.3) is 0 Å². The molecule has 0 unspecified atom stereocenters. The van der Waals surface area contributed by atoms with Crippen LogP contribution >= 0.6 is 22.9 Å². The van der Waals surface area contributed by atoms with Crippen LogP contribution in [0.3, 0.4) is 0 Å². The highest BCUT2D eigenvalue weighted by Crippen LogP contribution is 2.32. The van der Waals surface area contributed by atoms with Crippen LogP contribution in [0.1, 0.15) is 25.7 Å². The third-order valence-electron chi connectivity index (χ3n) is 3.77. The molecule has 1 aromatic rings. The van der Waals surface area contributed by atoms with Gasteiger partial charge in [0.1, 0.15) is 4.21 Å². The average Bonchev–Trinajstić information content (AvgIpc) is 2.85. The second-order valence-electron chi connectivity index (χ2n) is 4.94. The standard InChI is InChI=1S/C12H18ClNO3S2/c1-14(10-4-2-9(8-15)3-5-10)19(16,17)12-7-6-11(13)18-12/h6-7,9-10,15H,2-5,8H2,1H3. The molecule has 1 saturated carbocycles. The van der Waals surface area contributed by atoms with Crippen LogP contribution < -0.4 is 0 Å². The topological polar surface area (TPSA) is 57.6 Å². The number of thiophene rings is 1. The van der Waals surface area contributed by atoms with E-state index < -0.39 is 10.0 Å². The predicted octanol–water partition coefficient (Wildman–Crippen LogP) is 2.57. The van der Waals surface area contributed by atoms with Crippen molar-refractivity contribution in [2.45, 2.75) is 35.9 Å². The molecular formula is C12H18ClNO3S2. The maximum Gasteiger partial charge on any atom is 0.252 e. The van der Waals surface area contributed by atoms with Crippen molar-refractivity contribution in [2.24, 2.45) is 5.92 Å². The molecule has 1 aliphatic carbocycles. The van der Waals surface area contributed by atoms with Gasteiger partial charge in [0.05, 0.1) is 4.34 Å². The first-order valence-electron chi connectivity index (χ1n) is 6.29. The van der Waals surface area contributed by atoms with Crippen molar-refractivity contribution in [3.8, 4) is 0 Å². The number of sulfonamides is 1. The van der Waals surface area contributed by atoms with Crippen LogP contribution in [-0.4, -0.2) is 37.5 Å². The zero-order chi connectivity index (χ0) is 14.0. The maximum absolute atomic E-state index is 12.4. The van der Waals surface area contributed by atoms with Crippen LogP contribution in [0.2, 0.25) is 4.34 Å². The number of nitrogens with zero attached hydrogens (tertiary/aromatic N) is 1. The highest BCUT2D eigenvalue weighted by atomic mass is 35.5. The molecular weight excluding hydrogens is 306 g/mol. The van der Waals surface area contributed by atoms with Crippen molar-refractivity contribution in [3.63, 3.8) is 0 Å². The summed E-state index contributed by atoms with van der Waals surface area (Å²) >= 11 is 6.89. The fourth-order valence-electron chi connectivity index (χ4n) is 2.47. The Bertz CT molecular complexity index is 521. The van der Waals surface area contributed by atoms with Gasteiger partial charge in [-0.3, -0.25) is 0 Å². The summed E-state index contributed by atoms with van der Waals surface area (Å²) in [4.78, 5) is 0. The van der Waals surface area contributed by atoms with E-state index in [-0.39, 0.29) is 12.6 Å². The number of halogens is 1. The maximum atomic E-state index is 12.4. The smallest absolute Gasteiger partial charge is 0.252 e. The summed E-state index contributed by atoms with van der Waals surface area (Å²) in [6.07, 6.45) is 3.37. The van der Waals surface area contributed by atoms with Gasteiger partial charge >= 0.3 is 0 Å². The lowest BCUT2D eigenvalue weighted by molar-refractivity contribution is 0.159. The van der Waals surface area contributed by atoms with Crippen molar-refractivity contribution >= 4 is 33.0 Å². The van der Waals surface area contributed by atoms with Gasteiger partial charge in [-0.25, -0.2) is 8.42 Å². The first-order chi connectivity index (χ1) is 8.95. The SMILES string of the molecule is CN(C1CCC(CO)CC1)S(=O)(=O)c1ccc(Cl)s1. The van der Waals surface area contributed by atoms with Crippen LogP contribution in [-0.2, 0) is 10.0 Å². The summed E-state index contributed by atoms with van der Waals surface area (Å²) in [7, 11) is -1.81. The lowest BCUT2D eigenvalue weighted by Crippen LogP contribution is -2.39. The second-order valence-corrected chi connectivity index (χ2v) is 8.88. The third kappa shape index (κ3) is 3.31. The number of rotatable bonds is 4. The van der Waals surface area contributed by atoms with E-state index in [1.54, 1.807) is 19.2 Å². The van der Waals surface area contributed by atoms with Crippen molar-refractivity contribution in [3.05, 3.63) is 16.5 Å². The molecule has 19 heavy (non-hydrogen) atoms. The zero-order valence-electron chi connectivity index (χ0n) is 10.8. The van der Waals surface area contributed by atoms with Gasteiger partial charge in [-0.1, -0.05) is 11.6 Å². The summed E-state index contributed by atoms with van der Waals surface area (Å²) in [5.41, 5.74) is 0. The third-order valence-corrected chi connectivity index (χ3v) is 7.38. The molecule has 0 radical (unpaired) electrons.